The highest BCUT2D eigenvalue weighted by molar-refractivity contribution is 5.96. The zero-order chi connectivity index (χ0) is 38.6. The fourth-order valence-corrected chi connectivity index (χ4v) is 12.5. The molecule has 2 aromatic carbocycles. The summed E-state index contributed by atoms with van der Waals surface area (Å²) in [6.45, 7) is 5.58. The maximum absolute atomic E-state index is 14.4. The monoisotopic (exact) mass is 748 g/mol. The first kappa shape index (κ1) is 36.2. The first-order valence-corrected chi connectivity index (χ1v) is 19.8. The molecule has 6 aliphatic rings. The highest BCUT2D eigenvalue weighted by Crippen LogP contribution is 2.58. The van der Waals surface area contributed by atoms with Crippen molar-refractivity contribution < 1.29 is 33.7 Å². The van der Waals surface area contributed by atoms with Gasteiger partial charge in [0.1, 0.15) is 22.4 Å². The van der Waals surface area contributed by atoms with Crippen LogP contribution in [0.25, 0.3) is 21.8 Å². The van der Waals surface area contributed by atoms with Gasteiger partial charge < -0.3 is 29.3 Å². The summed E-state index contributed by atoms with van der Waals surface area (Å²) in [5.74, 6) is -0.652. The quantitative estimate of drug-likeness (QED) is 0.183. The second kappa shape index (κ2) is 13.1. The Morgan fingerprint density at radius 2 is 1.78 bits per heavy atom. The average Bonchev–Trinajstić information content (AvgIpc) is 3.73. The molecule has 2 aromatic heterocycles. The van der Waals surface area contributed by atoms with Crippen molar-refractivity contribution in [2.24, 2.45) is 23.2 Å². The lowest BCUT2D eigenvalue weighted by atomic mass is 9.56. The minimum Gasteiger partial charge on any atom is -0.496 e. The van der Waals surface area contributed by atoms with Crippen molar-refractivity contribution in [2.75, 3.05) is 54.6 Å². The van der Waals surface area contributed by atoms with Crippen molar-refractivity contribution in [1.82, 2.24) is 19.8 Å². The molecular weight excluding hydrogens is 697 g/mol. The molecule has 10 rings (SSSR count). The Bertz CT molecular complexity index is 2270. The first-order chi connectivity index (χ1) is 26.6. The van der Waals surface area contributed by atoms with Crippen LogP contribution in [0.1, 0.15) is 67.1 Å². The molecular formula is C44H52N4O7. The van der Waals surface area contributed by atoms with E-state index >= 15 is 0 Å². The van der Waals surface area contributed by atoms with Crippen LogP contribution in [0.2, 0.25) is 0 Å². The molecule has 0 amide bonds. The predicted octanol–water partition coefficient (Wildman–Crippen LogP) is 5.03. The van der Waals surface area contributed by atoms with E-state index in [2.05, 4.69) is 44.0 Å². The number of likely N-dealkylation sites (tertiary alicyclic amines) is 1. The lowest BCUT2D eigenvalue weighted by molar-refractivity contribution is -0.169. The number of fused-ring (bicyclic) bond motifs is 9. The van der Waals surface area contributed by atoms with Gasteiger partial charge in [0.05, 0.1) is 33.5 Å². The fourth-order valence-electron chi connectivity index (χ4n) is 12.5. The van der Waals surface area contributed by atoms with Crippen LogP contribution >= 0.6 is 0 Å². The highest BCUT2D eigenvalue weighted by Gasteiger charge is 2.64. The summed E-state index contributed by atoms with van der Waals surface area (Å²) in [5, 5.41) is 13.6. The molecule has 4 aromatic rings. The normalized spacial score (nSPS) is 33.4. The second-order valence-corrected chi connectivity index (χ2v) is 16.9. The number of benzene rings is 2. The first-order valence-electron chi connectivity index (χ1n) is 19.8. The summed E-state index contributed by atoms with van der Waals surface area (Å²) < 4.78 is 17.6. The molecule has 4 aliphatic heterocycles. The molecule has 2 aliphatic carbocycles. The molecule has 3 N–H and O–H groups in total. The molecule has 9 atom stereocenters. The van der Waals surface area contributed by atoms with Crippen LogP contribution in [0.4, 0.5) is 0 Å². The van der Waals surface area contributed by atoms with E-state index in [0.717, 1.165) is 75.0 Å². The number of hydrogen-bond acceptors (Lipinski definition) is 9. The number of Topliss-reactive ketones (excluding diaryl/α,β-unsaturated/α-hetero) is 1. The average molecular weight is 749 g/mol. The van der Waals surface area contributed by atoms with Crippen molar-refractivity contribution in [2.45, 2.75) is 69.4 Å². The lowest BCUT2D eigenvalue weighted by Crippen LogP contribution is -2.68. The van der Waals surface area contributed by atoms with Crippen LogP contribution in [0.15, 0.2) is 48.0 Å². The van der Waals surface area contributed by atoms with Gasteiger partial charge in [-0.2, -0.15) is 0 Å². The van der Waals surface area contributed by atoms with E-state index in [9.17, 15) is 19.5 Å². The summed E-state index contributed by atoms with van der Waals surface area (Å²) in [6.07, 6.45) is 5.22. The smallest absolute Gasteiger partial charge is 0.319 e. The summed E-state index contributed by atoms with van der Waals surface area (Å²) in [4.78, 5) is 54.4. The SMILES string of the molecule is C/C=C1/CN(C)[C@H]2Cc3c([nH]c4ccccc34)[C@@H](c3c(OC)ccc4c5c([nH]c34)[C@]3(C(=O)OC)C[C@H]4C[C@H](C(C)=O)[C@@H]3N(CC5)C4)C[C@@H]1[C@]2(CO)C(=O)OC. The molecule has 55 heavy (non-hydrogen) atoms. The number of ketones is 1. The van der Waals surface area contributed by atoms with Gasteiger partial charge >= 0.3 is 11.9 Å². The Hall–Kier alpha value is -4.45. The van der Waals surface area contributed by atoms with Gasteiger partial charge in [0, 0.05) is 82.7 Å². The van der Waals surface area contributed by atoms with Crippen LogP contribution in [0, 0.1) is 23.2 Å². The van der Waals surface area contributed by atoms with Crippen molar-refractivity contribution in [1.29, 1.82) is 0 Å². The molecule has 11 heteroatoms. The summed E-state index contributed by atoms with van der Waals surface area (Å²) in [6, 6.07) is 11.8. The molecule has 3 saturated heterocycles. The number of rotatable bonds is 6. The van der Waals surface area contributed by atoms with Crippen LogP contribution < -0.4 is 4.74 Å². The minimum atomic E-state index is -1.23. The van der Waals surface area contributed by atoms with E-state index in [4.69, 9.17) is 14.2 Å². The number of likely N-dealkylation sites (N-methyl/N-ethyl adjacent to an activating group) is 1. The maximum Gasteiger partial charge on any atom is 0.319 e. The van der Waals surface area contributed by atoms with E-state index in [1.165, 1.54) is 14.2 Å². The van der Waals surface area contributed by atoms with Gasteiger partial charge in [0.25, 0.3) is 0 Å². The van der Waals surface area contributed by atoms with Gasteiger partial charge in [-0.3, -0.25) is 24.2 Å². The van der Waals surface area contributed by atoms with E-state index in [1.54, 1.807) is 14.0 Å². The number of piperidine rings is 3. The van der Waals surface area contributed by atoms with Crippen LogP contribution in [-0.4, -0.2) is 109 Å². The number of carbonyl (C=O) groups is 3. The molecule has 11 nitrogen and oxygen atoms in total. The standard InChI is InChI=1S/C44H52N4O7/c1-7-25-21-47(3)35-18-30-26-10-8-9-11-33(26)45-37(30)31(17-32(25)44(35,22-49)42(52)55-6)36-34(53-4)13-12-27-28-14-15-48-20-24-16-29(23(2)50)40(48)43(19-24,41(51)54-5)39(28)46-38(27)36/h7-13,24,29,31-32,35,40,45-46,49H,14-22H2,1-6H3/b25-7-/t24-,29-,31-,32+,35+,40+,43-,44+/m1/s1. The number of nitrogens with zero attached hydrogens (tertiary/aromatic N) is 2. The minimum absolute atomic E-state index is 0.115. The maximum atomic E-state index is 14.4. The van der Waals surface area contributed by atoms with Crippen molar-refractivity contribution in [3.63, 3.8) is 0 Å². The number of para-hydroxylation sites is 1. The zero-order valence-corrected chi connectivity index (χ0v) is 32.7. The number of allylic oxidation sites excluding steroid dienone is 1. The lowest BCUT2D eigenvalue weighted by Gasteiger charge is -2.57. The Kier molecular flexibility index (Phi) is 8.60. The molecule has 6 bridgehead atoms. The van der Waals surface area contributed by atoms with E-state index in [-0.39, 0.29) is 54.1 Å². The molecule has 1 unspecified atom stereocenters. The van der Waals surface area contributed by atoms with Gasteiger partial charge in [-0.05, 0) is 88.2 Å². The number of esters is 2. The molecule has 1 saturated carbocycles. The summed E-state index contributed by atoms with van der Waals surface area (Å²) >= 11 is 0. The topological polar surface area (TPSA) is 137 Å². The van der Waals surface area contributed by atoms with Gasteiger partial charge in [-0.1, -0.05) is 29.8 Å². The number of hydrogen-bond donors (Lipinski definition) is 3. The van der Waals surface area contributed by atoms with Crippen LogP contribution in [-0.2, 0) is 42.1 Å². The number of carbonyl (C=O) groups excluding carboxylic acids is 3. The van der Waals surface area contributed by atoms with E-state index < -0.39 is 16.8 Å². The van der Waals surface area contributed by atoms with Crippen molar-refractivity contribution >= 4 is 39.5 Å². The third kappa shape index (κ3) is 4.81. The Labute approximate surface area is 321 Å². The molecule has 6 heterocycles. The molecule has 0 radical (unpaired) electrons. The second-order valence-electron chi connectivity index (χ2n) is 16.9. The van der Waals surface area contributed by atoms with Gasteiger partial charge in [-0.15, -0.1) is 0 Å². The highest BCUT2D eigenvalue weighted by atomic mass is 16.5. The number of ether oxygens (including phenoxy) is 3. The third-order valence-corrected chi connectivity index (χ3v) is 14.7. The molecule has 0 spiro atoms. The number of aromatic amines is 2. The number of methoxy groups -OCH3 is 3. The number of H-pyrrole nitrogens is 2. The van der Waals surface area contributed by atoms with Gasteiger partial charge in [0.2, 0.25) is 0 Å². The molecule has 4 fully saturated rings. The van der Waals surface area contributed by atoms with Crippen molar-refractivity contribution in [3.8, 4) is 5.75 Å². The number of aliphatic hydroxyl groups excluding tert-OH is 1. The van der Waals surface area contributed by atoms with E-state index in [0.29, 0.717) is 38.0 Å². The van der Waals surface area contributed by atoms with Crippen LogP contribution in [0.5, 0.6) is 5.75 Å². The van der Waals surface area contributed by atoms with Gasteiger partial charge in [0.15, 0.2) is 0 Å². The number of aromatic nitrogens is 2. The predicted molar refractivity (Wildman–Crippen MR) is 208 cm³/mol. The number of nitrogens with one attached hydrogen (secondary N) is 2. The Balaban J connectivity index is 1.34. The largest absolute Gasteiger partial charge is 0.496 e. The zero-order valence-electron chi connectivity index (χ0n) is 32.7. The van der Waals surface area contributed by atoms with Gasteiger partial charge in [-0.25, -0.2) is 0 Å². The third-order valence-electron chi connectivity index (χ3n) is 14.7. The number of aliphatic hydroxyl groups is 1. The summed E-state index contributed by atoms with van der Waals surface area (Å²) in [5.41, 5.74) is 5.72. The fraction of sp³-hybridized carbons (Fsp3) is 0.523. The van der Waals surface area contributed by atoms with Crippen molar-refractivity contribution in [3.05, 3.63) is 76.1 Å². The Morgan fingerprint density at radius 3 is 2.49 bits per heavy atom. The summed E-state index contributed by atoms with van der Waals surface area (Å²) in [7, 11) is 6.60. The van der Waals surface area contributed by atoms with E-state index in [1.807, 2.05) is 32.2 Å². The molecule has 290 valence electrons. The van der Waals surface area contributed by atoms with Crippen LogP contribution in [0.3, 0.4) is 0 Å². The Morgan fingerprint density at radius 1 is 1.00 bits per heavy atom.